The van der Waals surface area contributed by atoms with E-state index in [1.54, 1.807) is 48.3 Å². The molecule has 2 saturated heterocycles. The number of nitrogens with two attached hydrogens (primary N) is 1. The second kappa shape index (κ2) is 14.3. The van der Waals surface area contributed by atoms with Crippen LogP contribution in [-0.4, -0.2) is 89.4 Å². The summed E-state index contributed by atoms with van der Waals surface area (Å²) in [7, 11) is 1.68. The number of likely N-dealkylation sites (tertiary alicyclic amines) is 1. The number of nitrogens with one attached hydrogen (secondary N) is 1. The van der Waals surface area contributed by atoms with Crippen molar-refractivity contribution in [1.82, 2.24) is 14.8 Å². The molecule has 236 valence electrons. The van der Waals surface area contributed by atoms with Crippen LogP contribution in [0.2, 0.25) is 0 Å². The van der Waals surface area contributed by atoms with E-state index in [2.05, 4.69) is 15.2 Å². The van der Waals surface area contributed by atoms with Crippen molar-refractivity contribution in [3.63, 3.8) is 0 Å². The van der Waals surface area contributed by atoms with Gasteiger partial charge in [0.15, 0.2) is 0 Å². The number of pyridine rings is 1. The number of aromatic nitrogens is 1. The summed E-state index contributed by atoms with van der Waals surface area (Å²) < 4.78 is 0. The van der Waals surface area contributed by atoms with E-state index < -0.39 is 23.8 Å². The van der Waals surface area contributed by atoms with E-state index in [4.69, 9.17) is 5.73 Å². The number of aliphatic carboxylic acids is 1. The lowest BCUT2D eigenvalue weighted by atomic mass is 10.0. The third-order valence-corrected chi connectivity index (χ3v) is 8.63. The van der Waals surface area contributed by atoms with Crippen molar-refractivity contribution in [3.05, 3.63) is 77.5 Å². The molecule has 0 spiro atoms. The van der Waals surface area contributed by atoms with Crippen LogP contribution in [0.25, 0.3) is 11.3 Å². The molecule has 0 radical (unpaired) electrons. The number of hydrogen-bond donors (Lipinski definition) is 3. The number of carbonyl (C=O) groups is 4. The lowest BCUT2D eigenvalue weighted by Crippen LogP contribution is -2.47. The van der Waals surface area contributed by atoms with E-state index in [0.717, 1.165) is 44.5 Å². The molecule has 4 N–H and O–H groups in total. The number of rotatable bonds is 10. The smallest absolute Gasteiger partial charge is 0.320 e. The first-order chi connectivity index (χ1) is 21.7. The Kier molecular flexibility index (Phi) is 10.1. The molecular weight excluding hydrogens is 572 g/mol. The predicted octanol–water partition coefficient (Wildman–Crippen LogP) is 4.10. The summed E-state index contributed by atoms with van der Waals surface area (Å²) in [4.78, 5) is 60.6. The summed E-state index contributed by atoms with van der Waals surface area (Å²) in [5.74, 6) is -2.06. The number of anilines is 2. The maximum Gasteiger partial charge on any atom is 0.320 e. The van der Waals surface area contributed by atoms with Gasteiger partial charge in [0.2, 0.25) is 5.91 Å². The minimum absolute atomic E-state index is 0.257. The standard InChI is InChI=1S/C34H40N6O5/c1-38(18-19-40-17-6-3-10-30(40)34(44)45)33(43)25-9-7-8-24(20-25)32(42)37-28-12-11-26(39-15-4-2-5-16-39)22-27(28)29-21-23(31(35)41)13-14-36-29/h7-9,11-14,20-22,30H,2-6,10,15-19H2,1H3,(H2,35,41)(H,37,42)(H,44,45). The summed E-state index contributed by atoms with van der Waals surface area (Å²) in [5.41, 5.74) is 9.19. The van der Waals surface area contributed by atoms with E-state index in [1.807, 2.05) is 23.1 Å². The van der Waals surface area contributed by atoms with Crippen molar-refractivity contribution in [2.75, 3.05) is 50.0 Å². The molecule has 2 aromatic carbocycles. The highest BCUT2D eigenvalue weighted by atomic mass is 16.4. The van der Waals surface area contributed by atoms with Gasteiger partial charge in [-0.05, 0) is 87.2 Å². The van der Waals surface area contributed by atoms with Crippen LogP contribution in [0.4, 0.5) is 11.4 Å². The summed E-state index contributed by atoms with van der Waals surface area (Å²) in [6.07, 6.45) is 7.36. The largest absolute Gasteiger partial charge is 0.480 e. The summed E-state index contributed by atoms with van der Waals surface area (Å²) in [6.45, 7) is 3.39. The van der Waals surface area contributed by atoms with Crippen LogP contribution in [-0.2, 0) is 4.79 Å². The molecule has 2 aliphatic heterocycles. The first-order valence-electron chi connectivity index (χ1n) is 15.5. The van der Waals surface area contributed by atoms with Gasteiger partial charge in [-0.25, -0.2) is 0 Å². The molecule has 1 atom stereocenters. The van der Waals surface area contributed by atoms with Crippen LogP contribution in [0.1, 0.15) is 69.6 Å². The van der Waals surface area contributed by atoms with Crippen LogP contribution in [0, 0.1) is 0 Å². The molecule has 2 aliphatic rings. The molecule has 5 rings (SSSR count). The third kappa shape index (κ3) is 7.66. The Morgan fingerprint density at radius 3 is 2.44 bits per heavy atom. The maximum absolute atomic E-state index is 13.5. The van der Waals surface area contributed by atoms with Gasteiger partial charge in [-0.3, -0.25) is 29.1 Å². The van der Waals surface area contributed by atoms with Gasteiger partial charge in [0.05, 0.1) is 11.4 Å². The van der Waals surface area contributed by atoms with Crippen LogP contribution in [0.3, 0.4) is 0 Å². The van der Waals surface area contributed by atoms with Crippen molar-refractivity contribution < 1.29 is 24.3 Å². The lowest BCUT2D eigenvalue weighted by molar-refractivity contribution is -0.144. The normalized spacial score (nSPS) is 17.0. The molecule has 3 heterocycles. The van der Waals surface area contributed by atoms with Gasteiger partial charge in [0.25, 0.3) is 11.8 Å². The van der Waals surface area contributed by atoms with E-state index in [-0.39, 0.29) is 5.91 Å². The SMILES string of the molecule is CN(CCN1CCCCC1C(=O)O)C(=O)c1cccc(C(=O)Nc2ccc(N3CCCCC3)cc2-c2cc(C(N)=O)ccn2)c1. The number of amides is 3. The quantitative estimate of drug-likeness (QED) is 0.310. The van der Waals surface area contributed by atoms with Gasteiger partial charge in [0, 0.05) is 67.4 Å². The minimum Gasteiger partial charge on any atom is -0.480 e. The van der Waals surface area contributed by atoms with Crippen LogP contribution >= 0.6 is 0 Å². The molecule has 11 nitrogen and oxygen atoms in total. The zero-order valence-electron chi connectivity index (χ0n) is 25.6. The Bertz CT molecular complexity index is 1570. The molecule has 2 fully saturated rings. The summed E-state index contributed by atoms with van der Waals surface area (Å²) in [5, 5.41) is 12.5. The lowest BCUT2D eigenvalue weighted by Gasteiger charge is -2.34. The van der Waals surface area contributed by atoms with Gasteiger partial charge in [0.1, 0.15) is 6.04 Å². The van der Waals surface area contributed by atoms with Crippen molar-refractivity contribution in [3.8, 4) is 11.3 Å². The van der Waals surface area contributed by atoms with Gasteiger partial charge in [-0.15, -0.1) is 0 Å². The summed E-state index contributed by atoms with van der Waals surface area (Å²) >= 11 is 0. The molecule has 0 aliphatic carbocycles. The van der Waals surface area contributed by atoms with E-state index in [1.165, 1.54) is 12.6 Å². The third-order valence-electron chi connectivity index (χ3n) is 8.63. The van der Waals surface area contributed by atoms with Crippen LogP contribution in [0.5, 0.6) is 0 Å². The fourth-order valence-electron chi connectivity index (χ4n) is 6.06. The number of hydrogen-bond acceptors (Lipinski definition) is 7. The molecule has 1 aromatic heterocycles. The van der Waals surface area contributed by atoms with E-state index in [0.29, 0.717) is 59.7 Å². The molecule has 3 amide bonds. The van der Waals surface area contributed by atoms with Gasteiger partial charge in [-0.1, -0.05) is 12.5 Å². The zero-order valence-corrected chi connectivity index (χ0v) is 25.6. The number of primary amides is 1. The Labute approximate surface area is 263 Å². The van der Waals surface area contributed by atoms with Crippen LogP contribution < -0.4 is 16.0 Å². The second-order valence-electron chi connectivity index (χ2n) is 11.7. The van der Waals surface area contributed by atoms with Crippen molar-refractivity contribution in [2.24, 2.45) is 5.73 Å². The van der Waals surface area contributed by atoms with Crippen molar-refractivity contribution >= 4 is 35.1 Å². The van der Waals surface area contributed by atoms with Crippen LogP contribution in [0.15, 0.2) is 60.8 Å². The molecule has 1 unspecified atom stereocenters. The molecule has 0 saturated carbocycles. The molecule has 45 heavy (non-hydrogen) atoms. The number of benzene rings is 2. The highest BCUT2D eigenvalue weighted by Crippen LogP contribution is 2.33. The Balaban J connectivity index is 1.34. The number of piperidine rings is 2. The zero-order chi connectivity index (χ0) is 31.9. The highest BCUT2D eigenvalue weighted by Gasteiger charge is 2.28. The Morgan fingerprint density at radius 2 is 1.69 bits per heavy atom. The van der Waals surface area contributed by atoms with Gasteiger partial charge in [-0.2, -0.15) is 0 Å². The maximum atomic E-state index is 13.5. The number of nitrogens with zero attached hydrogens (tertiary/aromatic N) is 4. The first kappa shape index (κ1) is 31.6. The Hall–Kier alpha value is -4.77. The predicted molar refractivity (Wildman–Crippen MR) is 172 cm³/mol. The fraction of sp³-hybridized carbons (Fsp3) is 0.382. The number of likely N-dealkylation sites (N-methyl/N-ethyl adjacent to an activating group) is 1. The van der Waals surface area contributed by atoms with Gasteiger partial charge < -0.3 is 26.0 Å². The van der Waals surface area contributed by atoms with Crippen molar-refractivity contribution in [2.45, 2.75) is 44.6 Å². The summed E-state index contributed by atoms with van der Waals surface area (Å²) in [6, 6.07) is 14.9. The fourth-order valence-corrected chi connectivity index (χ4v) is 6.06. The molecule has 3 aromatic rings. The molecule has 0 bridgehead atoms. The minimum atomic E-state index is -0.831. The van der Waals surface area contributed by atoms with Gasteiger partial charge >= 0.3 is 5.97 Å². The monoisotopic (exact) mass is 612 g/mol. The van der Waals surface area contributed by atoms with Crippen molar-refractivity contribution in [1.29, 1.82) is 0 Å². The Morgan fingerprint density at radius 1 is 0.933 bits per heavy atom. The van der Waals surface area contributed by atoms with E-state index >= 15 is 0 Å². The average molecular weight is 613 g/mol. The van der Waals surface area contributed by atoms with E-state index in [9.17, 15) is 24.3 Å². The highest BCUT2D eigenvalue weighted by molar-refractivity contribution is 6.08. The molecular formula is C34H40N6O5. The number of carboxylic acid groups (broad SMARTS) is 1. The first-order valence-corrected chi connectivity index (χ1v) is 15.5. The number of carbonyl (C=O) groups excluding carboxylic acids is 3. The average Bonchev–Trinajstić information content (AvgIpc) is 3.07. The topological polar surface area (TPSA) is 149 Å². The second-order valence-corrected chi connectivity index (χ2v) is 11.7. The number of carboxylic acids is 1. The molecule has 11 heteroatoms.